The van der Waals surface area contributed by atoms with Gasteiger partial charge in [0.15, 0.2) is 0 Å². The Labute approximate surface area is 177 Å². The maximum atomic E-state index is 10.1. The minimum absolute atomic E-state index is 0.0463. The molecule has 1 fully saturated rings. The van der Waals surface area contributed by atoms with E-state index < -0.39 is 16.1 Å². The molecule has 0 radical (unpaired) electrons. The first kappa shape index (κ1) is 22.4. The lowest BCUT2D eigenvalue weighted by Gasteiger charge is -2.32. The van der Waals surface area contributed by atoms with E-state index in [1.807, 2.05) is 0 Å². The number of hydrogen-bond donors (Lipinski definition) is 2. The quantitative estimate of drug-likeness (QED) is 0.704. The first-order chi connectivity index (χ1) is 13.7. The van der Waals surface area contributed by atoms with Crippen molar-refractivity contribution >= 4 is 10.0 Å². The van der Waals surface area contributed by atoms with Gasteiger partial charge in [0.05, 0.1) is 24.9 Å². The summed E-state index contributed by atoms with van der Waals surface area (Å²) in [6, 6.07) is 15.5. The molecule has 4 heteroatoms. The number of ether oxygens (including phenoxy) is 1. The van der Waals surface area contributed by atoms with Crippen molar-refractivity contribution < 1.29 is 14.9 Å². The molecule has 3 atom stereocenters. The van der Waals surface area contributed by atoms with E-state index >= 15 is 0 Å². The van der Waals surface area contributed by atoms with E-state index in [0.717, 1.165) is 18.4 Å². The summed E-state index contributed by atoms with van der Waals surface area (Å²) in [6.07, 6.45) is 9.40. The first-order valence-electron chi connectivity index (χ1n) is 10.5. The molecule has 1 heterocycles. The lowest BCUT2D eigenvalue weighted by atomic mass is 9.92. The normalized spacial score (nSPS) is 23.2. The van der Waals surface area contributed by atoms with Crippen LogP contribution >= 0.6 is 10.0 Å². The number of benzene rings is 2. The van der Waals surface area contributed by atoms with Gasteiger partial charge in [-0.25, -0.2) is 10.0 Å². The van der Waals surface area contributed by atoms with Gasteiger partial charge in [0, 0.05) is 12.8 Å². The molecular formula is C25H36O3S. The smallest absolute Gasteiger partial charge is 0.0854 e. The molecule has 2 N–H and O–H groups in total. The number of rotatable bonds is 7. The molecule has 1 aliphatic rings. The summed E-state index contributed by atoms with van der Waals surface area (Å²) in [5, 5.41) is 19.6. The van der Waals surface area contributed by atoms with Gasteiger partial charge in [0.25, 0.3) is 0 Å². The zero-order valence-electron chi connectivity index (χ0n) is 18.2. The van der Waals surface area contributed by atoms with Crippen LogP contribution in [0.15, 0.2) is 42.5 Å². The highest BCUT2D eigenvalue weighted by molar-refractivity contribution is 8.32. The standard InChI is InChI=1S/C25H36O3S/c1-18-5-10-21(25-16-23(27)15-24(17-26)28-25)14-22(18)13-20-8-6-19(7-9-20)11-12-29(2,3)4/h5-10,14,23-27H,11-13,15-17H2,1-4H3. The number of aryl methyl sites for hydroxylation is 2. The summed E-state index contributed by atoms with van der Waals surface area (Å²) in [5.74, 6) is 1.27. The van der Waals surface area contributed by atoms with Crippen molar-refractivity contribution in [1.29, 1.82) is 0 Å². The summed E-state index contributed by atoms with van der Waals surface area (Å²) >= 11 is 0. The molecule has 0 spiro atoms. The Bertz CT molecular complexity index is 795. The fourth-order valence-corrected chi connectivity index (χ4v) is 4.72. The monoisotopic (exact) mass is 416 g/mol. The van der Waals surface area contributed by atoms with E-state index in [1.165, 1.54) is 28.0 Å². The summed E-state index contributed by atoms with van der Waals surface area (Å²) in [5.41, 5.74) is 6.38. The lowest BCUT2D eigenvalue weighted by molar-refractivity contribution is -0.113. The fourth-order valence-electron chi connectivity index (χ4n) is 3.87. The Kier molecular flexibility index (Phi) is 7.44. The van der Waals surface area contributed by atoms with Crippen molar-refractivity contribution in [1.82, 2.24) is 0 Å². The van der Waals surface area contributed by atoms with Gasteiger partial charge < -0.3 is 14.9 Å². The molecule has 0 aliphatic carbocycles. The van der Waals surface area contributed by atoms with Gasteiger partial charge in [-0.1, -0.05) is 42.5 Å². The number of hydrogen-bond acceptors (Lipinski definition) is 3. The van der Waals surface area contributed by atoms with Gasteiger partial charge in [0.2, 0.25) is 0 Å². The van der Waals surface area contributed by atoms with E-state index in [-0.39, 0.29) is 18.8 Å². The highest BCUT2D eigenvalue weighted by atomic mass is 32.3. The average Bonchev–Trinajstić information content (AvgIpc) is 2.68. The maximum Gasteiger partial charge on any atom is 0.0854 e. The van der Waals surface area contributed by atoms with Crippen molar-refractivity contribution in [3.8, 4) is 0 Å². The SMILES string of the molecule is Cc1ccc(C2CC(O)CC(CO)O2)cc1Cc1ccc(CCS(C)(C)C)cc1. The molecule has 0 amide bonds. The molecule has 3 nitrogen and oxygen atoms in total. The molecule has 0 saturated carbocycles. The van der Waals surface area contributed by atoms with Crippen molar-refractivity contribution in [2.24, 2.45) is 0 Å². The van der Waals surface area contributed by atoms with Crippen molar-refractivity contribution in [3.63, 3.8) is 0 Å². The van der Waals surface area contributed by atoms with Crippen LogP contribution in [0.2, 0.25) is 0 Å². The van der Waals surface area contributed by atoms with Crippen LogP contribution in [0.3, 0.4) is 0 Å². The summed E-state index contributed by atoms with van der Waals surface area (Å²) in [4.78, 5) is 0. The van der Waals surface area contributed by atoms with Crippen molar-refractivity contribution in [3.05, 3.63) is 70.3 Å². The highest BCUT2D eigenvalue weighted by Gasteiger charge is 2.29. The summed E-state index contributed by atoms with van der Waals surface area (Å²) in [6.45, 7) is 2.10. The third-order valence-electron chi connectivity index (χ3n) is 5.75. The van der Waals surface area contributed by atoms with Gasteiger partial charge in [-0.3, -0.25) is 0 Å². The van der Waals surface area contributed by atoms with Crippen LogP contribution < -0.4 is 0 Å². The van der Waals surface area contributed by atoms with Crippen molar-refractivity contribution in [2.75, 3.05) is 31.1 Å². The second-order valence-corrected chi connectivity index (χ2v) is 13.9. The molecule has 2 aromatic carbocycles. The van der Waals surface area contributed by atoms with Crippen LogP contribution in [0.4, 0.5) is 0 Å². The van der Waals surface area contributed by atoms with Crippen molar-refractivity contribution in [2.45, 2.75) is 50.9 Å². The van der Waals surface area contributed by atoms with Gasteiger partial charge in [-0.2, -0.15) is 0 Å². The first-order valence-corrected chi connectivity index (χ1v) is 13.5. The zero-order valence-corrected chi connectivity index (χ0v) is 19.0. The van der Waals surface area contributed by atoms with Crippen LogP contribution in [0.25, 0.3) is 0 Å². The van der Waals surface area contributed by atoms with E-state index in [9.17, 15) is 10.2 Å². The predicted molar refractivity (Wildman–Crippen MR) is 124 cm³/mol. The molecule has 3 unspecified atom stereocenters. The minimum Gasteiger partial charge on any atom is -0.394 e. The van der Waals surface area contributed by atoms with Gasteiger partial charge in [0.1, 0.15) is 0 Å². The Morgan fingerprint density at radius 3 is 2.34 bits per heavy atom. The highest BCUT2D eigenvalue weighted by Crippen LogP contribution is 2.35. The van der Waals surface area contributed by atoms with Crippen LogP contribution in [0, 0.1) is 6.92 Å². The second kappa shape index (κ2) is 9.65. The molecule has 1 aliphatic heterocycles. The molecule has 3 rings (SSSR count). The molecule has 160 valence electrons. The minimum atomic E-state index is -0.457. The third-order valence-corrected chi connectivity index (χ3v) is 7.18. The van der Waals surface area contributed by atoms with E-state index in [1.54, 1.807) is 0 Å². The summed E-state index contributed by atoms with van der Waals surface area (Å²) in [7, 11) is -0.457. The third kappa shape index (κ3) is 6.58. The lowest BCUT2D eigenvalue weighted by Crippen LogP contribution is -2.33. The zero-order chi connectivity index (χ0) is 21.0. The molecular weight excluding hydrogens is 380 g/mol. The van der Waals surface area contributed by atoms with E-state index in [2.05, 4.69) is 68.2 Å². The largest absolute Gasteiger partial charge is 0.394 e. The molecule has 29 heavy (non-hydrogen) atoms. The van der Waals surface area contributed by atoms with Gasteiger partial charge in [-0.05, 0) is 72.1 Å². The predicted octanol–water partition coefficient (Wildman–Crippen LogP) is 4.40. The Morgan fingerprint density at radius 1 is 1.00 bits per heavy atom. The molecule has 2 aromatic rings. The van der Waals surface area contributed by atoms with E-state index in [4.69, 9.17) is 4.74 Å². The Morgan fingerprint density at radius 2 is 1.69 bits per heavy atom. The second-order valence-electron chi connectivity index (χ2n) is 9.28. The molecule has 0 bridgehead atoms. The fraction of sp³-hybridized carbons (Fsp3) is 0.520. The molecule has 0 aromatic heterocycles. The Hall–Kier alpha value is -1.33. The topological polar surface area (TPSA) is 49.7 Å². The van der Waals surface area contributed by atoms with Crippen LogP contribution in [0.5, 0.6) is 0 Å². The van der Waals surface area contributed by atoms with Crippen LogP contribution in [0.1, 0.15) is 46.8 Å². The Balaban J connectivity index is 1.70. The maximum absolute atomic E-state index is 10.1. The average molecular weight is 417 g/mol. The van der Waals surface area contributed by atoms with E-state index in [0.29, 0.717) is 12.8 Å². The van der Waals surface area contributed by atoms with Crippen LogP contribution in [-0.2, 0) is 17.6 Å². The number of aliphatic hydroxyl groups excluding tert-OH is 2. The number of aliphatic hydroxyl groups is 2. The van der Waals surface area contributed by atoms with Gasteiger partial charge >= 0.3 is 0 Å². The van der Waals surface area contributed by atoms with Gasteiger partial charge in [-0.15, -0.1) is 0 Å². The molecule has 1 saturated heterocycles. The summed E-state index contributed by atoms with van der Waals surface area (Å²) < 4.78 is 6.00. The van der Waals surface area contributed by atoms with Crippen LogP contribution in [-0.4, -0.2) is 53.5 Å².